The molecule has 1 fully saturated rings. The molecule has 0 spiro atoms. The lowest BCUT2D eigenvalue weighted by Gasteiger charge is -2.08. The molecule has 1 heterocycles. The van der Waals surface area contributed by atoms with Gasteiger partial charge in [0.25, 0.3) is 0 Å². The van der Waals surface area contributed by atoms with E-state index in [-0.39, 0.29) is 30.9 Å². The Hall–Kier alpha value is -1.76. The van der Waals surface area contributed by atoms with Gasteiger partial charge in [0.05, 0.1) is 4.47 Å². The molecule has 7 heteroatoms. The lowest BCUT2D eigenvalue weighted by molar-refractivity contribution is -0.123. The molecule has 2 aliphatic rings. The van der Waals surface area contributed by atoms with Gasteiger partial charge in [0.2, 0.25) is 18.6 Å². The van der Waals surface area contributed by atoms with Crippen LogP contribution in [0.5, 0.6) is 11.5 Å². The highest BCUT2D eigenvalue weighted by molar-refractivity contribution is 9.10. The normalized spacial score (nSPS) is 21.0. The maximum absolute atomic E-state index is 11.8. The molecular weight excluding hydrogens is 364 g/mol. The van der Waals surface area contributed by atoms with Gasteiger partial charge in [0, 0.05) is 25.4 Å². The number of fused-ring (bicyclic) bond motifs is 1. The molecule has 1 aliphatic carbocycles. The van der Waals surface area contributed by atoms with Crippen molar-refractivity contribution < 1.29 is 19.1 Å². The minimum absolute atomic E-state index is 0.0602. The Kier molecular flexibility index (Phi) is 4.75. The summed E-state index contributed by atoms with van der Waals surface area (Å²) in [6.45, 7) is 3.05. The highest BCUT2D eigenvalue weighted by Gasteiger charge is 2.38. The van der Waals surface area contributed by atoms with Crippen molar-refractivity contribution in [2.75, 3.05) is 13.3 Å². The summed E-state index contributed by atoms with van der Waals surface area (Å²) in [5.41, 5.74) is 0.922. The lowest BCUT2D eigenvalue weighted by Crippen LogP contribution is -2.31. The van der Waals surface area contributed by atoms with Gasteiger partial charge in [-0.2, -0.15) is 0 Å². The van der Waals surface area contributed by atoms with E-state index in [2.05, 4.69) is 33.5 Å². The number of hydrogen-bond acceptors (Lipinski definition) is 4. The Morgan fingerprint density at radius 1 is 1.30 bits per heavy atom. The van der Waals surface area contributed by atoms with Crippen LogP contribution < -0.4 is 20.1 Å². The molecule has 2 N–H and O–H groups in total. The second-order valence-electron chi connectivity index (χ2n) is 5.95. The van der Waals surface area contributed by atoms with Crippen LogP contribution in [0.15, 0.2) is 16.6 Å². The predicted octanol–water partition coefficient (Wildman–Crippen LogP) is 1.96. The molecule has 0 saturated heterocycles. The fourth-order valence-corrected chi connectivity index (χ4v) is 3.13. The van der Waals surface area contributed by atoms with Crippen LogP contribution in [-0.4, -0.2) is 25.2 Å². The van der Waals surface area contributed by atoms with Crippen molar-refractivity contribution >= 4 is 27.7 Å². The number of nitrogens with one attached hydrogen (secondary N) is 2. The largest absolute Gasteiger partial charge is 0.454 e. The molecule has 1 aliphatic heterocycles. The molecule has 124 valence electrons. The van der Waals surface area contributed by atoms with Gasteiger partial charge in [-0.15, -0.1) is 0 Å². The molecule has 6 nitrogen and oxygen atoms in total. The van der Waals surface area contributed by atoms with E-state index < -0.39 is 0 Å². The molecular formula is C16H19BrN2O4. The summed E-state index contributed by atoms with van der Waals surface area (Å²) in [7, 11) is 0. The Balaban J connectivity index is 1.41. The maximum Gasteiger partial charge on any atom is 0.231 e. The number of amides is 2. The van der Waals surface area contributed by atoms with Crippen molar-refractivity contribution in [1.82, 2.24) is 10.6 Å². The minimum Gasteiger partial charge on any atom is -0.454 e. The zero-order valence-electron chi connectivity index (χ0n) is 12.9. The second kappa shape index (κ2) is 6.78. The number of hydrogen-bond donors (Lipinski definition) is 2. The van der Waals surface area contributed by atoms with Crippen molar-refractivity contribution in [3.8, 4) is 11.5 Å². The fourth-order valence-electron chi connectivity index (χ4n) is 2.53. The van der Waals surface area contributed by atoms with E-state index in [9.17, 15) is 9.59 Å². The van der Waals surface area contributed by atoms with Crippen LogP contribution in [0.3, 0.4) is 0 Å². The maximum atomic E-state index is 11.8. The topological polar surface area (TPSA) is 76.7 Å². The van der Waals surface area contributed by atoms with Crippen molar-refractivity contribution in [2.45, 2.75) is 26.3 Å². The van der Waals surface area contributed by atoms with Crippen LogP contribution in [0.2, 0.25) is 0 Å². The Morgan fingerprint density at radius 3 is 2.83 bits per heavy atom. The standard InChI is InChI=1S/C16H19BrN2O4/c1-9-4-11(9)16(21)18-3-2-14(20)19-7-10-5-12(17)15-13(6-10)22-8-23-15/h5-6,9,11H,2-4,7-8H2,1H3,(H,18,21)(H,19,20)/t9-,11+/m0/s1. The number of ether oxygens (including phenoxy) is 2. The SMILES string of the molecule is C[C@H]1C[C@H]1C(=O)NCCC(=O)NCc1cc(Br)c2c(c1)OCO2. The number of benzene rings is 1. The van der Waals surface area contributed by atoms with Gasteiger partial charge < -0.3 is 20.1 Å². The molecule has 3 rings (SSSR count). The summed E-state index contributed by atoms with van der Waals surface area (Å²) >= 11 is 3.42. The number of halogens is 1. The molecule has 2 amide bonds. The van der Waals surface area contributed by atoms with Crippen molar-refractivity contribution in [2.24, 2.45) is 11.8 Å². The molecule has 1 aromatic rings. The molecule has 0 unspecified atom stereocenters. The zero-order chi connectivity index (χ0) is 16.4. The highest BCUT2D eigenvalue weighted by Crippen LogP contribution is 2.40. The predicted molar refractivity (Wildman–Crippen MR) is 87.0 cm³/mol. The van der Waals surface area contributed by atoms with E-state index in [1.807, 2.05) is 12.1 Å². The first-order valence-electron chi connectivity index (χ1n) is 7.67. The molecule has 23 heavy (non-hydrogen) atoms. The van der Waals surface area contributed by atoms with E-state index >= 15 is 0 Å². The van der Waals surface area contributed by atoms with Gasteiger partial charge in [-0.3, -0.25) is 9.59 Å². The Morgan fingerprint density at radius 2 is 2.09 bits per heavy atom. The average molecular weight is 383 g/mol. The first kappa shape index (κ1) is 16.1. The summed E-state index contributed by atoms with van der Waals surface area (Å²) < 4.78 is 11.5. The summed E-state index contributed by atoms with van der Waals surface area (Å²) in [5, 5.41) is 5.64. The molecule has 2 atom stereocenters. The lowest BCUT2D eigenvalue weighted by atomic mass is 10.2. The molecule has 1 aromatic carbocycles. The van der Waals surface area contributed by atoms with Gasteiger partial charge >= 0.3 is 0 Å². The number of carbonyl (C=O) groups is 2. The van der Waals surface area contributed by atoms with Crippen LogP contribution >= 0.6 is 15.9 Å². The van der Waals surface area contributed by atoms with E-state index in [1.54, 1.807) is 0 Å². The first-order valence-corrected chi connectivity index (χ1v) is 8.46. The monoisotopic (exact) mass is 382 g/mol. The van der Waals surface area contributed by atoms with Crippen LogP contribution in [0.25, 0.3) is 0 Å². The molecule has 0 aromatic heterocycles. The summed E-state index contributed by atoms with van der Waals surface area (Å²) in [6, 6.07) is 3.74. The van der Waals surface area contributed by atoms with Crippen LogP contribution in [0, 0.1) is 11.8 Å². The zero-order valence-corrected chi connectivity index (χ0v) is 14.4. The van der Waals surface area contributed by atoms with E-state index in [0.717, 1.165) is 16.5 Å². The average Bonchev–Trinajstić information content (AvgIpc) is 3.06. The van der Waals surface area contributed by atoms with E-state index in [0.29, 0.717) is 30.5 Å². The quantitative estimate of drug-likeness (QED) is 0.788. The van der Waals surface area contributed by atoms with Gasteiger partial charge in [0.1, 0.15) is 0 Å². The summed E-state index contributed by atoms with van der Waals surface area (Å²) in [4.78, 5) is 23.5. The third-order valence-electron chi connectivity index (χ3n) is 4.07. The minimum atomic E-state index is -0.0945. The molecule has 0 radical (unpaired) electrons. The van der Waals surface area contributed by atoms with Crippen LogP contribution in [-0.2, 0) is 16.1 Å². The van der Waals surface area contributed by atoms with Crippen molar-refractivity contribution in [1.29, 1.82) is 0 Å². The van der Waals surface area contributed by atoms with Gasteiger partial charge in [-0.1, -0.05) is 6.92 Å². The van der Waals surface area contributed by atoms with Gasteiger partial charge in [-0.25, -0.2) is 0 Å². The van der Waals surface area contributed by atoms with E-state index in [1.165, 1.54) is 0 Å². The third-order valence-corrected chi connectivity index (χ3v) is 4.66. The number of rotatable bonds is 6. The summed E-state index contributed by atoms with van der Waals surface area (Å²) in [5.74, 6) is 1.96. The van der Waals surface area contributed by atoms with Crippen molar-refractivity contribution in [3.63, 3.8) is 0 Å². The van der Waals surface area contributed by atoms with E-state index in [4.69, 9.17) is 9.47 Å². The Labute approximate surface area is 143 Å². The molecule has 1 saturated carbocycles. The van der Waals surface area contributed by atoms with Crippen molar-refractivity contribution in [3.05, 3.63) is 22.2 Å². The second-order valence-corrected chi connectivity index (χ2v) is 6.80. The smallest absolute Gasteiger partial charge is 0.231 e. The summed E-state index contributed by atoms with van der Waals surface area (Å²) in [6.07, 6.45) is 1.23. The Bertz CT molecular complexity index is 635. The number of carbonyl (C=O) groups excluding carboxylic acids is 2. The van der Waals surface area contributed by atoms with Gasteiger partial charge in [0.15, 0.2) is 11.5 Å². The fraction of sp³-hybridized carbons (Fsp3) is 0.500. The first-order chi connectivity index (χ1) is 11.0. The molecule has 0 bridgehead atoms. The van der Waals surface area contributed by atoms with Crippen LogP contribution in [0.1, 0.15) is 25.3 Å². The third kappa shape index (κ3) is 3.96. The van der Waals surface area contributed by atoms with Gasteiger partial charge in [-0.05, 0) is 46.0 Å². The highest BCUT2D eigenvalue weighted by atomic mass is 79.9. The van der Waals surface area contributed by atoms with Crippen LogP contribution in [0.4, 0.5) is 0 Å².